The fourth-order valence-corrected chi connectivity index (χ4v) is 4.70. The van der Waals surface area contributed by atoms with Gasteiger partial charge in [-0.05, 0) is 86.6 Å². The van der Waals surface area contributed by atoms with E-state index in [-0.39, 0.29) is 16.7 Å². The first-order chi connectivity index (χ1) is 17.5. The molecule has 3 aromatic heterocycles. The van der Waals surface area contributed by atoms with E-state index in [4.69, 9.17) is 10.7 Å². The van der Waals surface area contributed by atoms with Gasteiger partial charge >= 0.3 is 0 Å². The van der Waals surface area contributed by atoms with Gasteiger partial charge in [0.2, 0.25) is 23.8 Å². The van der Waals surface area contributed by atoms with Crippen LogP contribution in [0.4, 0.5) is 23.2 Å². The lowest BCUT2D eigenvalue weighted by atomic mass is 9.79. The number of nitrogens with two attached hydrogens (primary N) is 1. The van der Waals surface area contributed by atoms with E-state index >= 15 is 0 Å². The van der Waals surface area contributed by atoms with Gasteiger partial charge in [-0.25, -0.2) is 0 Å². The second-order valence-electron chi connectivity index (χ2n) is 10.4. The molecule has 2 N–H and O–H groups in total. The number of halogens is 4. The Morgan fingerprint density at radius 2 is 1.62 bits per heavy atom. The van der Waals surface area contributed by atoms with Crippen LogP contribution in [0.2, 0.25) is 0 Å². The number of rotatable bonds is 7. The number of pyridine rings is 3. The van der Waals surface area contributed by atoms with E-state index in [0.717, 1.165) is 37.0 Å². The van der Waals surface area contributed by atoms with Crippen LogP contribution in [-0.2, 0) is 11.8 Å². The third-order valence-electron chi connectivity index (χ3n) is 7.04. The molecule has 0 saturated heterocycles. The molecule has 0 amide bonds. The highest BCUT2D eigenvalue weighted by Crippen LogP contribution is 2.41. The maximum absolute atomic E-state index is 14.6. The third kappa shape index (κ3) is 6.03. The van der Waals surface area contributed by atoms with E-state index in [9.17, 15) is 17.6 Å². The zero-order valence-corrected chi connectivity index (χ0v) is 21.0. The molecular formula is C28H29F4N5. The van der Waals surface area contributed by atoms with Crippen molar-refractivity contribution in [1.82, 2.24) is 15.0 Å². The zero-order valence-electron chi connectivity index (χ0n) is 21.0. The van der Waals surface area contributed by atoms with Crippen molar-refractivity contribution < 1.29 is 17.6 Å². The van der Waals surface area contributed by atoms with Crippen molar-refractivity contribution in [3.63, 3.8) is 0 Å². The molecule has 0 spiro atoms. The Balaban J connectivity index is 1.72. The molecule has 37 heavy (non-hydrogen) atoms. The molecule has 4 rings (SSSR count). The highest BCUT2D eigenvalue weighted by atomic mass is 19.1. The third-order valence-corrected chi connectivity index (χ3v) is 7.04. The second-order valence-corrected chi connectivity index (χ2v) is 10.4. The lowest BCUT2D eigenvalue weighted by Crippen LogP contribution is -2.28. The van der Waals surface area contributed by atoms with Crippen molar-refractivity contribution in [3.8, 4) is 11.3 Å². The topological polar surface area (TPSA) is 77.0 Å². The molecule has 3 aromatic rings. The highest BCUT2D eigenvalue weighted by Gasteiger charge is 2.31. The van der Waals surface area contributed by atoms with Crippen LogP contribution in [0.1, 0.15) is 57.7 Å². The van der Waals surface area contributed by atoms with Gasteiger partial charge in [-0.15, -0.1) is 0 Å². The standard InChI is InChI=1S/C28H29F4N5/c1-27(2,21(33)10-13-34-19-7-9-24(30)37-26(19)32)22-15-17(16-28(3)11-4-5-12-28)14-20(35-22)18-6-8-23(29)36-25(18)31/h6-10,13-15H,4-5,11-12,16,33H2,1-3H3. The summed E-state index contributed by atoms with van der Waals surface area (Å²) in [7, 11) is 0. The predicted molar refractivity (Wildman–Crippen MR) is 135 cm³/mol. The van der Waals surface area contributed by atoms with Gasteiger partial charge in [-0.3, -0.25) is 9.98 Å². The molecule has 1 aliphatic rings. The molecule has 1 aliphatic carbocycles. The van der Waals surface area contributed by atoms with E-state index in [1.807, 2.05) is 26.0 Å². The normalized spacial score (nSPS) is 16.0. The van der Waals surface area contributed by atoms with Gasteiger partial charge < -0.3 is 5.73 Å². The molecule has 0 radical (unpaired) electrons. The monoisotopic (exact) mass is 511 g/mol. The Morgan fingerprint density at radius 3 is 2.27 bits per heavy atom. The zero-order chi connectivity index (χ0) is 26.8. The molecule has 1 fully saturated rings. The molecule has 0 bridgehead atoms. The van der Waals surface area contributed by atoms with Gasteiger partial charge in [0.05, 0.1) is 17.0 Å². The first kappa shape index (κ1) is 26.4. The number of allylic oxidation sites excluding steroid dienone is 2. The minimum atomic E-state index is -1.03. The summed E-state index contributed by atoms with van der Waals surface area (Å²) in [4.78, 5) is 15.1. The van der Waals surface area contributed by atoms with Gasteiger partial charge in [0.25, 0.3) is 0 Å². The Bertz CT molecular complexity index is 1360. The quantitative estimate of drug-likeness (QED) is 0.217. The highest BCUT2D eigenvalue weighted by molar-refractivity contribution is 5.75. The van der Waals surface area contributed by atoms with Crippen molar-refractivity contribution in [3.05, 3.63) is 83.2 Å². The summed E-state index contributed by atoms with van der Waals surface area (Å²) >= 11 is 0. The van der Waals surface area contributed by atoms with Crippen molar-refractivity contribution >= 4 is 11.9 Å². The van der Waals surface area contributed by atoms with Crippen LogP contribution >= 0.6 is 0 Å². The molecule has 0 atom stereocenters. The van der Waals surface area contributed by atoms with Crippen LogP contribution < -0.4 is 5.73 Å². The van der Waals surface area contributed by atoms with Crippen LogP contribution in [0.5, 0.6) is 0 Å². The molecule has 0 unspecified atom stereocenters. The van der Waals surface area contributed by atoms with E-state index in [1.165, 1.54) is 37.3 Å². The summed E-state index contributed by atoms with van der Waals surface area (Å²) in [5.74, 6) is -3.81. The molecule has 3 heterocycles. The minimum Gasteiger partial charge on any atom is -0.401 e. The number of hydrogen-bond donors (Lipinski definition) is 1. The van der Waals surface area contributed by atoms with Crippen LogP contribution in [0.3, 0.4) is 0 Å². The maximum atomic E-state index is 14.6. The summed E-state index contributed by atoms with van der Waals surface area (Å²) in [6.07, 6.45) is 8.14. The summed E-state index contributed by atoms with van der Waals surface area (Å²) in [5, 5.41) is 0. The van der Waals surface area contributed by atoms with Crippen molar-refractivity contribution in [2.45, 2.75) is 58.3 Å². The molecular weight excluding hydrogens is 482 g/mol. The maximum Gasteiger partial charge on any atom is 0.241 e. The van der Waals surface area contributed by atoms with Crippen molar-refractivity contribution in [1.29, 1.82) is 0 Å². The average Bonchev–Trinajstić information content (AvgIpc) is 3.25. The summed E-state index contributed by atoms with van der Waals surface area (Å²) < 4.78 is 54.9. The van der Waals surface area contributed by atoms with Gasteiger partial charge in [-0.2, -0.15) is 27.5 Å². The number of aromatic nitrogens is 3. The lowest BCUT2D eigenvalue weighted by Gasteiger charge is -2.28. The Morgan fingerprint density at radius 1 is 0.973 bits per heavy atom. The fraction of sp³-hybridized carbons (Fsp3) is 0.357. The minimum absolute atomic E-state index is 0.0975. The van der Waals surface area contributed by atoms with E-state index < -0.39 is 29.2 Å². The Kier molecular flexibility index (Phi) is 7.43. The molecule has 1 saturated carbocycles. The first-order valence-electron chi connectivity index (χ1n) is 12.1. The van der Waals surface area contributed by atoms with Gasteiger partial charge in [-0.1, -0.05) is 19.8 Å². The number of hydrogen-bond acceptors (Lipinski definition) is 5. The van der Waals surface area contributed by atoms with Crippen LogP contribution in [0.25, 0.3) is 11.3 Å². The smallest absolute Gasteiger partial charge is 0.241 e. The van der Waals surface area contributed by atoms with Crippen LogP contribution in [-0.4, -0.2) is 21.2 Å². The number of nitrogens with zero attached hydrogens (tertiary/aromatic N) is 4. The van der Waals surface area contributed by atoms with Crippen LogP contribution in [0, 0.1) is 29.2 Å². The molecule has 9 heteroatoms. The van der Waals surface area contributed by atoms with Crippen molar-refractivity contribution in [2.24, 2.45) is 16.1 Å². The van der Waals surface area contributed by atoms with Gasteiger partial charge in [0.15, 0.2) is 0 Å². The molecule has 5 nitrogen and oxygen atoms in total. The van der Waals surface area contributed by atoms with Gasteiger partial charge in [0.1, 0.15) is 5.69 Å². The summed E-state index contributed by atoms with van der Waals surface area (Å²) in [6.45, 7) is 5.97. The largest absolute Gasteiger partial charge is 0.401 e. The SMILES string of the molecule is CC1(Cc2cc(-c3ccc(F)nc3F)nc(C(C)(C)C(N)=CC=Nc3ccc(F)nc3F)c2)CCCC1. The molecule has 0 aromatic carbocycles. The second kappa shape index (κ2) is 10.4. The van der Waals surface area contributed by atoms with E-state index in [2.05, 4.69) is 21.9 Å². The van der Waals surface area contributed by atoms with Crippen molar-refractivity contribution in [2.75, 3.05) is 0 Å². The first-order valence-corrected chi connectivity index (χ1v) is 12.1. The lowest BCUT2D eigenvalue weighted by molar-refractivity contribution is 0.334. The molecule has 0 aliphatic heterocycles. The van der Waals surface area contributed by atoms with Crippen LogP contribution in [0.15, 0.2) is 53.2 Å². The average molecular weight is 512 g/mol. The van der Waals surface area contributed by atoms with E-state index in [0.29, 0.717) is 17.1 Å². The Labute approximate surface area is 213 Å². The van der Waals surface area contributed by atoms with Gasteiger partial charge in [0, 0.05) is 17.3 Å². The van der Waals surface area contributed by atoms with E-state index in [1.54, 1.807) is 0 Å². The predicted octanol–water partition coefficient (Wildman–Crippen LogP) is 6.74. The summed E-state index contributed by atoms with van der Waals surface area (Å²) in [6, 6.07) is 8.41. The fourth-order valence-electron chi connectivity index (χ4n) is 4.70. The summed E-state index contributed by atoms with van der Waals surface area (Å²) in [5.41, 5.74) is 7.95. The Hall–Kier alpha value is -3.62. The molecule has 194 valence electrons. The number of aliphatic imine (C=N–C) groups is 1.